The first-order valence-electron chi connectivity index (χ1n) is 7.26. The molecule has 0 bridgehead atoms. The minimum Gasteiger partial charge on any atom is -0.438 e. The molecule has 2 heterocycles. The number of rotatable bonds is 4. The van der Waals surface area contributed by atoms with Crippen molar-refractivity contribution >= 4 is 17.3 Å². The van der Waals surface area contributed by atoms with E-state index in [1.165, 1.54) is 16.6 Å². The second kappa shape index (κ2) is 5.96. The SMILES string of the molecule is Fc1ccc(Nc2nnc3ccc(Oc4ccccc4)nn23)cc1. The topological polar surface area (TPSA) is 64.3 Å². The average Bonchev–Trinajstić information content (AvgIpc) is 3.00. The summed E-state index contributed by atoms with van der Waals surface area (Å²) < 4.78 is 20.2. The number of benzene rings is 2. The van der Waals surface area contributed by atoms with Crippen LogP contribution in [0.4, 0.5) is 16.0 Å². The minimum absolute atomic E-state index is 0.302. The summed E-state index contributed by atoms with van der Waals surface area (Å²) >= 11 is 0. The fourth-order valence-corrected chi connectivity index (χ4v) is 2.18. The maximum atomic E-state index is 13.0. The van der Waals surface area contributed by atoms with Gasteiger partial charge < -0.3 is 10.1 Å². The molecular formula is C17H12FN5O. The highest BCUT2D eigenvalue weighted by Crippen LogP contribution is 2.21. The minimum atomic E-state index is -0.302. The van der Waals surface area contributed by atoms with Crippen molar-refractivity contribution in [2.45, 2.75) is 0 Å². The highest BCUT2D eigenvalue weighted by molar-refractivity contribution is 5.56. The Labute approximate surface area is 136 Å². The van der Waals surface area contributed by atoms with Crippen LogP contribution in [-0.2, 0) is 0 Å². The number of para-hydroxylation sites is 1. The van der Waals surface area contributed by atoms with E-state index < -0.39 is 0 Å². The van der Waals surface area contributed by atoms with E-state index in [-0.39, 0.29) is 5.82 Å². The van der Waals surface area contributed by atoms with Gasteiger partial charge in [0, 0.05) is 11.8 Å². The van der Waals surface area contributed by atoms with E-state index >= 15 is 0 Å². The second-order valence-electron chi connectivity index (χ2n) is 5.01. The summed E-state index contributed by atoms with van der Waals surface area (Å²) in [5.74, 6) is 1.21. The van der Waals surface area contributed by atoms with Gasteiger partial charge in [0.1, 0.15) is 11.6 Å². The van der Waals surface area contributed by atoms with Crippen LogP contribution in [0.5, 0.6) is 11.6 Å². The highest BCUT2D eigenvalue weighted by Gasteiger charge is 2.09. The van der Waals surface area contributed by atoms with Crippen LogP contribution in [0.1, 0.15) is 0 Å². The molecular weight excluding hydrogens is 309 g/mol. The van der Waals surface area contributed by atoms with Crippen LogP contribution in [0, 0.1) is 5.82 Å². The first-order chi connectivity index (χ1) is 11.8. The molecule has 0 atom stereocenters. The molecule has 0 unspecified atom stereocenters. The van der Waals surface area contributed by atoms with Crippen molar-refractivity contribution < 1.29 is 9.13 Å². The predicted octanol–water partition coefficient (Wildman–Crippen LogP) is 3.80. The Hall–Kier alpha value is -3.48. The van der Waals surface area contributed by atoms with E-state index in [0.717, 1.165) is 0 Å². The number of aromatic nitrogens is 4. The van der Waals surface area contributed by atoms with Crippen LogP contribution in [0.3, 0.4) is 0 Å². The maximum Gasteiger partial charge on any atom is 0.250 e. The number of hydrogen-bond donors (Lipinski definition) is 1. The van der Waals surface area contributed by atoms with Crippen LogP contribution in [0.15, 0.2) is 66.7 Å². The Balaban J connectivity index is 1.64. The lowest BCUT2D eigenvalue weighted by Crippen LogP contribution is -2.01. The third-order valence-electron chi connectivity index (χ3n) is 3.30. The summed E-state index contributed by atoms with van der Waals surface area (Å²) in [6.45, 7) is 0. The van der Waals surface area contributed by atoms with Crippen molar-refractivity contribution in [3.8, 4) is 11.6 Å². The maximum absolute atomic E-state index is 13.0. The monoisotopic (exact) mass is 321 g/mol. The molecule has 1 N–H and O–H groups in total. The molecule has 6 nitrogen and oxygen atoms in total. The van der Waals surface area contributed by atoms with Crippen molar-refractivity contribution in [3.63, 3.8) is 0 Å². The van der Waals surface area contributed by atoms with Gasteiger partial charge in [-0.1, -0.05) is 18.2 Å². The lowest BCUT2D eigenvalue weighted by atomic mass is 10.3. The van der Waals surface area contributed by atoms with Crippen molar-refractivity contribution in [3.05, 3.63) is 72.5 Å². The average molecular weight is 321 g/mol. The summed E-state index contributed by atoms with van der Waals surface area (Å²) in [4.78, 5) is 0. The standard InChI is InChI=1S/C17H12FN5O/c18-12-6-8-13(9-7-12)19-17-21-20-15-10-11-16(22-23(15)17)24-14-4-2-1-3-5-14/h1-11H,(H,19,21). The van der Waals surface area contributed by atoms with Gasteiger partial charge in [-0.25, -0.2) is 4.39 Å². The largest absolute Gasteiger partial charge is 0.438 e. The molecule has 0 saturated heterocycles. The molecule has 0 spiro atoms. The fourth-order valence-electron chi connectivity index (χ4n) is 2.18. The lowest BCUT2D eigenvalue weighted by molar-refractivity contribution is 0.453. The number of nitrogens with one attached hydrogen (secondary N) is 1. The van der Waals surface area contributed by atoms with Crippen LogP contribution in [0.25, 0.3) is 5.65 Å². The normalized spacial score (nSPS) is 10.7. The van der Waals surface area contributed by atoms with Gasteiger partial charge in [-0.2, -0.15) is 4.52 Å². The summed E-state index contributed by atoms with van der Waals surface area (Å²) in [7, 11) is 0. The van der Waals surface area contributed by atoms with E-state index in [0.29, 0.717) is 28.9 Å². The van der Waals surface area contributed by atoms with E-state index in [2.05, 4.69) is 20.6 Å². The Bertz CT molecular complexity index is 969. The molecule has 7 heteroatoms. The lowest BCUT2D eigenvalue weighted by Gasteiger charge is -2.06. The predicted molar refractivity (Wildman–Crippen MR) is 87.0 cm³/mol. The Kier molecular flexibility index (Phi) is 3.51. The van der Waals surface area contributed by atoms with Gasteiger partial charge in [0.2, 0.25) is 5.88 Å². The van der Waals surface area contributed by atoms with E-state index in [9.17, 15) is 4.39 Å². The summed E-state index contributed by atoms with van der Waals surface area (Å²) in [6, 6.07) is 18.8. The Morgan fingerprint density at radius 3 is 2.46 bits per heavy atom. The third kappa shape index (κ3) is 2.87. The molecule has 4 rings (SSSR count). The van der Waals surface area contributed by atoms with Gasteiger partial charge >= 0.3 is 0 Å². The number of anilines is 2. The van der Waals surface area contributed by atoms with Crippen molar-refractivity contribution in [2.75, 3.05) is 5.32 Å². The van der Waals surface area contributed by atoms with Gasteiger partial charge in [0.15, 0.2) is 5.65 Å². The molecule has 4 aromatic rings. The quantitative estimate of drug-likeness (QED) is 0.619. The first kappa shape index (κ1) is 14.1. The number of halogens is 1. The molecule has 0 aliphatic heterocycles. The number of ether oxygens (including phenoxy) is 1. The van der Waals surface area contributed by atoms with Gasteiger partial charge in [-0.15, -0.1) is 15.3 Å². The van der Waals surface area contributed by atoms with Gasteiger partial charge in [-0.05, 0) is 42.5 Å². The van der Waals surface area contributed by atoms with E-state index in [1.807, 2.05) is 30.3 Å². The molecule has 24 heavy (non-hydrogen) atoms. The molecule has 0 fully saturated rings. The smallest absolute Gasteiger partial charge is 0.250 e. The van der Waals surface area contributed by atoms with Crippen LogP contribution in [0.2, 0.25) is 0 Å². The highest BCUT2D eigenvalue weighted by atomic mass is 19.1. The van der Waals surface area contributed by atoms with Crippen LogP contribution in [-0.4, -0.2) is 19.8 Å². The first-order valence-corrected chi connectivity index (χ1v) is 7.26. The molecule has 2 aromatic heterocycles. The molecule has 2 aromatic carbocycles. The van der Waals surface area contributed by atoms with Crippen molar-refractivity contribution in [1.82, 2.24) is 19.8 Å². The van der Waals surface area contributed by atoms with Gasteiger partial charge in [0.05, 0.1) is 0 Å². The Morgan fingerprint density at radius 2 is 1.67 bits per heavy atom. The summed E-state index contributed by atoms with van der Waals surface area (Å²) in [5.41, 5.74) is 1.25. The second-order valence-corrected chi connectivity index (χ2v) is 5.01. The molecule has 0 radical (unpaired) electrons. The molecule has 118 valence electrons. The molecule has 0 saturated carbocycles. The number of nitrogens with zero attached hydrogens (tertiary/aromatic N) is 4. The number of fused-ring (bicyclic) bond motifs is 1. The zero-order valence-electron chi connectivity index (χ0n) is 12.4. The third-order valence-corrected chi connectivity index (χ3v) is 3.30. The molecule has 0 aliphatic carbocycles. The van der Waals surface area contributed by atoms with Crippen LogP contribution < -0.4 is 10.1 Å². The zero-order valence-corrected chi connectivity index (χ0v) is 12.4. The molecule has 0 amide bonds. The van der Waals surface area contributed by atoms with E-state index in [1.54, 1.807) is 24.3 Å². The van der Waals surface area contributed by atoms with Gasteiger partial charge in [-0.3, -0.25) is 0 Å². The number of hydrogen-bond acceptors (Lipinski definition) is 5. The summed E-state index contributed by atoms with van der Waals surface area (Å²) in [6.07, 6.45) is 0. The fraction of sp³-hybridized carbons (Fsp3) is 0. The van der Waals surface area contributed by atoms with Crippen molar-refractivity contribution in [1.29, 1.82) is 0 Å². The molecule has 0 aliphatic rings. The summed E-state index contributed by atoms with van der Waals surface area (Å²) in [5, 5.41) is 15.5. The van der Waals surface area contributed by atoms with Gasteiger partial charge in [0.25, 0.3) is 5.95 Å². The van der Waals surface area contributed by atoms with Crippen LogP contribution >= 0.6 is 0 Å². The zero-order chi connectivity index (χ0) is 16.4. The van der Waals surface area contributed by atoms with Crippen molar-refractivity contribution in [2.24, 2.45) is 0 Å². The Morgan fingerprint density at radius 1 is 0.875 bits per heavy atom. The van der Waals surface area contributed by atoms with E-state index in [4.69, 9.17) is 4.74 Å².